The highest BCUT2D eigenvalue weighted by molar-refractivity contribution is 8.00. The number of carbonyl (C=O) groups excluding carboxylic acids is 2. The van der Waals surface area contributed by atoms with E-state index in [1.54, 1.807) is 28.0 Å². The second-order valence-electron chi connectivity index (χ2n) is 11.1. The number of rotatable bonds is 6. The third-order valence-electron chi connectivity index (χ3n) is 7.30. The number of thiophene rings is 1. The summed E-state index contributed by atoms with van der Waals surface area (Å²) in [6.45, 7) is 11.8. The SMILES string of the molecule is Cc1cccc(-n2nc(C(C)(C)C)c3c2N(CC(=O)NC[C@@H]2CCCO2)C(=O)CS[C@@H]3c2ccsc2)c1C. The van der Waals surface area contributed by atoms with Crippen molar-refractivity contribution in [3.8, 4) is 5.69 Å². The van der Waals surface area contributed by atoms with Crippen LogP contribution in [0, 0.1) is 13.8 Å². The van der Waals surface area contributed by atoms with Crippen molar-refractivity contribution in [2.24, 2.45) is 0 Å². The normalized spacial score (nSPS) is 19.9. The molecule has 2 aliphatic heterocycles. The van der Waals surface area contributed by atoms with Crippen LogP contribution in [-0.4, -0.2) is 53.1 Å². The van der Waals surface area contributed by atoms with Gasteiger partial charge in [-0.25, -0.2) is 4.68 Å². The van der Waals surface area contributed by atoms with Gasteiger partial charge in [0, 0.05) is 24.1 Å². The van der Waals surface area contributed by atoms with E-state index >= 15 is 0 Å². The lowest BCUT2D eigenvalue weighted by Crippen LogP contribution is -2.44. The third-order valence-corrected chi connectivity index (χ3v) is 9.26. The van der Waals surface area contributed by atoms with Crippen molar-refractivity contribution in [1.82, 2.24) is 15.1 Å². The maximum atomic E-state index is 13.7. The molecule has 5 rings (SSSR count). The summed E-state index contributed by atoms with van der Waals surface area (Å²) in [6.07, 6.45) is 2.00. The molecule has 1 saturated heterocycles. The number of aryl methyl sites for hydroxylation is 1. The Labute approximate surface area is 232 Å². The molecule has 0 radical (unpaired) electrons. The Balaban J connectivity index is 1.66. The van der Waals surface area contributed by atoms with Crippen LogP contribution in [0.4, 0.5) is 5.82 Å². The smallest absolute Gasteiger partial charge is 0.240 e. The quantitative estimate of drug-likeness (QED) is 0.448. The molecule has 202 valence electrons. The minimum absolute atomic E-state index is 0.0424. The van der Waals surface area contributed by atoms with Gasteiger partial charge < -0.3 is 10.1 Å². The molecule has 2 aliphatic rings. The van der Waals surface area contributed by atoms with Gasteiger partial charge in [-0.2, -0.15) is 16.4 Å². The van der Waals surface area contributed by atoms with E-state index in [4.69, 9.17) is 9.84 Å². The van der Waals surface area contributed by atoms with E-state index in [0.29, 0.717) is 12.4 Å². The zero-order valence-electron chi connectivity index (χ0n) is 22.7. The lowest BCUT2D eigenvalue weighted by Gasteiger charge is -2.25. The molecule has 38 heavy (non-hydrogen) atoms. The van der Waals surface area contributed by atoms with Crippen LogP contribution in [-0.2, 0) is 19.7 Å². The lowest BCUT2D eigenvalue weighted by molar-refractivity contribution is -0.123. The van der Waals surface area contributed by atoms with E-state index in [9.17, 15) is 9.59 Å². The molecule has 0 aliphatic carbocycles. The highest BCUT2D eigenvalue weighted by Crippen LogP contribution is 2.49. The fourth-order valence-corrected chi connectivity index (χ4v) is 7.09. The molecule has 0 unspecified atom stereocenters. The van der Waals surface area contributed by atoms with Crippen molar-refractivity contribution in [1.29, 1.82) is 0 Å². The highest BCUT2D eigenvalue weighted by atomic mass is 32.2. The molecule has 9 heteroatoms. The highest BCUT2D eigenvalue weighted by Gasteiger charge is 2.40. The summed E-state index contributed by atoms with van der Waals surface area (Å²) in [5.41, 5.74) is 6.00. The number of thioether (sulfide) groups is 1. The summed E-state index contributed by atoms with van der Waals surface area (Å²) >= 11 is 3.27. The van der Waals surface area contributed by atoms with Gasteiger partial charge in [0.1, 0.15) is 12.4 Å². The summed E-state index contributed by atoms with van der Waals surface area (Å²) in [4.78, 5) is 28.6. The summed E-state index contributed by atoms with van der Waals surface area (Å²) in [5.74, 6) is 0.699. The Morgan fingerprint density at radius 1 is 1.24 bits per heavy atom. The zero-order valence-corrected chi connectivity index (χ0v) is 24.4. The molecule has 2 atom stereocenters. The van der Waals surface area contributed by atoms with Crippen LogP contribution in [0.2, 0.25) is 0 Å². The number of carbonyl (C=O) groups is 2. The Bertz CT molecular complexity index is 1320. The predicted molar refractivity (Wildman–Crippen MR) is 155 cm³/mol. The predicted octanol–water partition coefficient (Wildman–Crippen LogP) is 5.31. The Morgan fingerprint density at radius 3 is 2.74 bits per heavy atom. The van der Waals surface area contributed by atoms with E-state index in [-0.39, 0.29) is 40.9 Å². The van der Waals surface area contributed by atoms with E-state index in [2.05, 4.69) is 62.8 Å². The third kappa shape index (κ3) is 5.28. The van der Waals surface area contributed by atoms with E-state index in [1.807, 2.05) is 16.8 Å². The van der Waals surface area contributed by atoms with Crippen LogP contribution in [0.15, 0.2) is 35.0 Å². The van der Waals surface area contributed by atoms with Gasteiger partial charge in [0.15, 0.2) is 0 Å². The van der Waals surface area contributed by atoms with Crippen molar-refractivity contribution >= 4 is 40.7 Å². The maximum Gasteiger partial charge on any atom is 0.240 e. The van der Waals surface area contributed by atoms with Gasteiger partial charge in [-0.15, -0.1) is 11.8 Å². The second-order valence-corrected chi connectivity index (χ2v) is 13.0. The molecule has 1 fully saturated rings. The van der Waals surface area contributed by atoms with E-state index in [0.717, 1.165) is 53.1 Å². The number of ether oxygens (including phenoxy) is 1. The molecule has 2 amide bonds. The average molecular weight is 553 g/mol. The van der Waals surface area contributed by atoms with Crippen molar-refractivity contribution in [3.05, 3.63) is 63.0 Å². The Kier molecular flexibility index (Phi) is 7.71. The van der Waals surface area contributed by atoms with Gasteiger partial charge in [-0.05, 0) is 66.3 Å². The number of benzene rings is 1. The number of nitrogens with one attached hydrogen (secondary N) is 1. The number of anilines is 1. The monoisotopic (exact) mass is 552 g/mol. The first-order valence-corrected chi connectivity index (χ1v) is 15.2. The van der Waals surface area contributed by atoms with Crippen LogP contribution in [0.5, 0.6) is 0 Å². The van der Waals surface area contributed by atoms with Crippen LogP contribution >= 0.6 is 23.1 Å². The maximum absolute atomic E-state index is 13.7. The molecule has 4 heterocycles. The number of aromatic nitrogens is 2. The van der Waals surface area contributed by atoms with Crippen LogP contribution < -0.4 is 10.2 Å². The minimum atomic E-state index is -0.275. The number of nitrogens with zero attached hydrogens (tertiary/aromatic N) is 3. The molecule has 2 aromatic heterocycles. The fourth-order valence-electron chi connectivity index (χ4n) is 5.13. The number of hydrogen-bond acceptors (Lipinski definition) is 6. The lowest BCUT2D eigenvalue weighted by atomic mass is 9.87. The molecule has 0 saturated carbocycles. The van der Waals surface area contributed by atoms with E-state index in [1.165, 1.54) is 0 Å². The van der Waals surface area contributed by atoms with Gasteiger partial charge in [-0.3, -0.25) is 14.5 Å². The average Bonchev–Trinajstić information content (AvgIpc) is 3.63. The van der Waals surface area contributed by atoms with Crippen molar-refractivity contribution in [2.45, 2.75) is 64.2 Å². The Morgan fingerprint density at radius 2 is 2.05 bits per heavy atom. The summed E-state index contributed by atoms with van der Waals surface area (Å²) in [7, 11) is 0. The van der Waals surface area contributed by atoms with Crippen LogP contribution in [0.25, 0.3) is 5.69 Å². The second kappa shape index (κ2) is 10.9. The van der Waals surface area contributed by atoms with Gasteiger partial charge in [0.2, 0.25) is 11.8 Å². The van der Waals surface area contributed by atoms with Crippen molar-refractivity contribution < 1.29 is 14.3 Å². The Hall–Kier alpha value is -2.62. The first kappa shape index (κ1) is 27.0. The minimum Gasteiger partial charge on any atom is -0.376 e. The molecule has 1 N–H and O–H groups in total. The standard InChI is InChI=1S/C29H36N4O3S2/c1-18-8-6-10-22(19(18)2)33-28-25(27(31-33)29(3,4)5)26(20-11-13-37-16-20)38-17-24(35)32(28)15-23(34)30-14-21-9-7-12-36-21/h6,8,10-11,13,16,21,26H,7,9,12,14-15,17H2,1-5H3,(H,30,34)/t21-,26+/m0/s1. The zero-order chi connectivity index (χ0) is 27.0. The van der Waals surface area contributed by atoms with Gasteiger partial charge in [0.25, 0.3) is 0 Å². The summed E-state index contributed by atoms with van der Waals surface area (Å²) in [5, 5.41) is 12.4. The van der Waals surface area contributed by atoms with Crippen LogP contribution in [0.3, 0.4) is 0 Å². The first-order chi connectivity index (χ1) is 18.1. The molecule has 3 aromatic rings. The number of fused-ring (bicyclic) bond motifs is 1. The summed E-state index contributed by atoms with van der Waals surface area (Å²) in [6, 6.07) is 8.27. The molecule has 7 nitrogen and oxygen atoms in total. The van der Waals surface area contributed by atoms with Crippen LogP contribution in [0.1, 0.15) is 66.8 Å². The molecule has 0 bridgehead atoms. The van der Waals surface area contributed by atoms with E-state index < -0.39 is 0 Å². The largest absolute Gasteiger partial charge is 0.376 e. The molecular weight excluding hydrogens is 516 g/mol. The topological polar surface area (TPSA) is 76.5 Å². The molecular formula is C29H36N4O3S2. The van der Waals surface area contributed by atoms with Crippen molar-refractivity contribution in [3.63, 3.8) is 0 Å². The fraction of sp³-hybridized carbons (Fsp3) is 0.483. The van der Waals surface area contributed by atoms with Gasteiger partial charge in [0.05, 0.1) is 28.5 Å². The molecule has 0 spiro atoms. The number of amides is 2. The van der Waals surface area contributed by atoms with Gasteiger partial charge in [-0.1, -0.05) is 32.9 Å². The number of hydrogen-bond donors (Lipinski definition) is 1. The molecule has 1 aromatic carbocycles. The summed E-state index contributed by atoms with van der Waals surface area (Å²) < 4.78 is 7.59. The first-order valence-electron chi connectivity index (χ1n) is 13.2. The van der Waals surface area contributed by atoms with Crippen molar-refractivity contribution in [2.75, 3.05) is 30.3 Å². The van der Waals surface area contributed by atoms with Gasteiger partial charge >= 0.3 is 0 Å².